The van der Waals surface area contributed by atoms with Gasteiger partial charge in [-0.3, -0.25) is 4.79 Å². The summed E-state index contributed by atoms with van der Waals surface area (Å²) in [4.78, 5) is 27.5. The van der Waals surface area contributed by atoms with E-state index in [1.165, 1.54) is 6.20 Å². The van der Waals surface area contributed by atoms with Crippen LogP contribution in [0.25, 0.3) is 0 Å². The van der Waals surface area contributed by atoms with Crippen LogP contribution < -0.4 is 11.0 Å². The highest BCUT2D eigenvalue weighted by atomic mass is 16.2. The van der Waals surface area contributed by atoms with Crippen molar-refractivity contribution in [3.8, 4) is 11.8 Å². The van der Waals surface area contributed by atoms with E-state index in [0.29, 0.717) is 13.0 Å². The number of amides is 1. The molecule has 21 heavy (non-hydrogen) atoms. The van der Waals surface area contributed by atoms with Gasteiger partial charge >= 0.3 is 5.69 Å². The van der Waals surface area contributed by atoms with Crippen LogP contribution in [0.1, 0.15) is 28.0 Å². The van der Waals surface area contributed by atoms with Gasteiger partial charge in [0.25, 0.3) is 5.91 Å². The molecule has 0 radical (unpaired) electrons. The Hall–Kier alpha value is -2.78. The van der Waals surface area contributed by atoms with Crippen LogP contribution in [0.15, 0.2) is 35.3 Å². The fraction of sp³-hybridized carbons (Fsp3) is 0.200. The number of benzene rings is 1. The summed E-state index contributed by atoms with van der Waals surface area (Å²) in [5.41, 5.74) is 1.43. The van der Waals surface area contributed by atoms with Crippen LogP contribution in [0.3, 0.4) is 0 Å². The number of aliphatic hydroxyl groups is 1. The average Bonchev–Trinajstić information content (AvgIpc) is 2.93. The molecular weight excluding hydrogens is 270 g/mol. The van der Waals surface area contributed by atoms with Crippen LogP contribution in [-0.4, -0.2) is 27.6 Å². The molecule has 2 aromatic rings. The second-order valence-corrected chi connectivity index (χ2v) is 4.27. The first-order valence-corrected chi connectivity index (χ1v) is 6.44. The monoisotopic (exact) mass is 285 g/mol. The largest absolute Gasteiger partial charge is 0.395 e. The molecule has 0 saturated carbocycles. The van der Waals surface area contributed by atoms with E-state index in [1.54, 1.807) is 0 Å². The van der Waals surface area contributed by atoms with Gasteiger partial charge in [0.2, 0.25) is 0 Å². The van der Waals surface area contributed by atoms with Gasteiger partial charge in [-0.25, -0.2) is 4.79 Å². The number of hydrogen-bond donors (Lipinski definition) is 4. The molecule has 1 aromatic carbocycles. The molecule has 0 aliphatic carbocycles. The van der Waals surface area contributed by atoms with Crippen LogP contribution in [0.4, 0.5) is 0 Å². The summed E-state index contributed by atoms with van der Waals surface area (Å²) in [7, 11) is 0. The van der Waals surface area contributed by atoms with Crippen LogP contribution in [0.5, 0.6) is 0 Å². The van der Waals surface area contributed by atoms with Gasteiger partial charge in [-0.05, 0) is 11.6 Å². The first-order chi connectivity index (χ1) is 10.2. The fourth-order valence-corrected chi connectivity index (χ4v) is 1.74. The first kappa shape index (κ1) is 14.6. The van der Waals surface area contributed by atoms with Gasteiger partial charge in [-0.2, -0.15) is 0 Å². The number of rotatable bonds is 4. The maximum absolute atomic E-state index is 11.8. The van der Waals surface area contributed by atoms with Crippen molar-refractivity contribution in [2.45, 2.75) is 13.0 Å². The molecule has 1 heterocycles. The number of H-pyrrole nitrogens is 2. The number of aromatic nitrogens is 2. The lowest BCUT2D eigenvalue weighted by molar-refractivity contribution is 0.0946. The summed E-state index contributed by atoms with van der Waals surface area (Å²) in [6, 6.07) is 7.43. The third kappa shape index (κ3) is 4.09. The van der Waals surface area contributed by atoms with Crippen LogP contribution in [0, 0.1) is 11.8 Å². The first-order valence-electron chi connectivity index (χ1n) is 6.44. The van der Waals surface area contributed by atoms with E-state index in [2.05, 4.69) is 27.1 Å². The zero-order valence-electron chi connectivity index (χ0n) is 11.3. The smallest absolute Gasteiger partial charge is 0.323 e. The topological polar surface area (TPSA) is 98.0 Å². The Morgan fingerprint density at radius 2 is 2.14 bits per heavy atom. The molecule has 108 valence electrons. The van der Waals surface area contributed by atoms with Crippen molar-refractivity contribution in [1.82, 2.24) is 15.3 Å². The highest BCUT2D eigenvalue weighted by Crippen LogP contribution is 2.07. The van der Waals surface area contributed by atoms with Crippen molar-refractivity contribution in [2.24, 2.45) is 0 Å². The molecule has 6 nitrogen and oxygen atoms in total. The predicted molar refractivity (Wildman–Crippen MR) is 77.6 cm³/mol. The highest BCUT2D eigenvalue weighted by molar-refractivity contribution is 5.91. The molecular formula is C15H15N3O3. The molecule has 1 amide bonds. The summed E-state index contributed by atoms with van der Waals surface area (Å²) in [6.07, 6.45) is 1.73. The number of carbonyl (C=O) groups is 1. The Morgan fingerprint density at radius 3 is 2.86 bits per heavy atom. The van der Waals surface area contributed by atoms with Crippen molar-refractivity contribution in [3.05, 3.63) is 57.8 Å². The number of hydrogen-bond acceptors (Lipinski definition) is 3. The summed E-state index contributed by atoms with van der Waals surface area (Å²) in [5, 5.41) is 11.4. The second kappa shape index (κ2) is 7.12. The normalized spacial score (nSPS) is 9.76. The minimum absolute atomic E-state index is 0.0206. The van der Waals surface area contributed by atoms with Gasteiger partial charge in [0, 0.05) is 24.7 Å². The van der Waals surface area contributed by atoms with Gasteiger partial charge in [0.15, 0.2) is 0 Å². The van der Waals surface area contributed by atoms with Gasteiger partial charge in [0.05, 0.1) is 6.61 Å². The molecule has 2 rings (SSSR count). The highest BCUT2D eigenvalue weighted by Gasteiger charge is 2.08. The lowest BCUT2D eigenvalue weighted by atomic mass is 10.1. The molecule has 0 unspecified atom stereocenters. The van der Waals surface area contributed by atoms with Crippen molar-refractivity contribution in [1.29, 1.82) is 0 Å². The third-order valence-electron chi connectivity index (χ3n) is 2.76. The minimum Gasteiger partial charge on any atom is -0.395 e. The van der Waals surface area contributed by atoms with Crippen LogP contribution >= 0.6 is 0 Å². The maximum atomic E-state index is 11.8. The molecule has 0 aliphatic heterocycles. The van der Waals surface area contributed by atoms with E-state index < -0.39 is 5.69 Å². The average molecular weight is 285 g/mol. The Bertz CT molecular complexity index is 734. The van der Waals surface area contributed by atoms with Crippen molar-refractivity contribution >= 4 is 5.91 Å². The summed E-state index contributed by atoms with van der Waals surface area (Å²) in [5.74, 6) is 5.44. The van der Waals surface area contributed by atoms with Crippen LogP contribution in [-0.2, 0) is 6.54 Å². The number of aromatic amines is 2. The van der Waals surface area contributed by atoms with Gasteiger partial charge < -0.3 is 20.4 Å². The standard InChI is InChI=1S/C15H15N3O3/c19-8-4-3-6-11-5-1-2-7-12(11)9-16-14(20)13-10-17-15(21)18-13/h1-2,5,7,10,19H,4,8-9H2,(H,16,20)(H2,17,18,21). The fourth-order valence-electron chi connectivity index (χ4n) is 1.74. The Balaban J connectivity index is 2.05. The van der Waals surface area contributed by atoms with E-state index in [4.69, 9.17) is 5.11 Å². The summed E-state index contributed by atoms with van der Waals surface area (Å²) in [6.45, 7) is 0.322. The Morgan fingerprint density at radius 1 is 1.33 bits per heavy atom. The number of carbonyl (C=O) groups excluding carboxylic acids is 1. The van der Waals surface area contributed by atoms with Crippen LogP contribution in [0.2, 0.25) is 0 Å². The molecule has 6 heteroatoms. The molecule has 1 aromatic heterocycles. The van der Waals surface area contributed by atoms with E-state index in [9.17, 15) is 9.59 Å². The zero-order chi connectivity index (χ0) is 15.1. The quantitative estimate of drug-likeness (QED) is 0.611. The lowest BCUT2D eigenvalue weighted by Crippen LogP contribution is -2.24. The molecule has 0 aliphatic rings. The SMILES string of the molecule is O=C(NCc1ccccc1C#CCCO)c1c[nH]c(=O)[nH]1. The lowest BCUT2D eigenvalue weighted by Gasteiger charge is -2.06. The second-order valence-electron chi connectivity index (χ2n) is 4.27. The number of nitrogens with one attached hydrogen (secondary N) is 3. The van der Waals surface area contributed by atoms with E-state index >= 15 is 0 Å². The summed E-state index contributed by atoms with van der Waals surface area (Å²) >= 11 is 0. The van der Waals surface area contributed by atoms with Gasteiger partial charge in [0.1, 0.15) is 5.69 Å². The molecule has 0 atom stereocenters. The van der Waals surface area contributed by atoms with Gasteiger partial charge in [-0.15, -0.1) is 0 Å². The minimum atomic E-state index is -0.421. The Labute approximate surface area is 121 Å². The van der Waals surface area contributed by atoms with E-state index in [1.807, 2.05) is 24.3 Å². The molecule has 4 N–H and O–H groups in total. The number of aliphatic hydroxyl groups excluding tert-OH is 1. The predicted octanol–water partition coefficient (Wildman–Crippen LogP) is 0.367. The van der Waals surface area contributed by atoms with Crippen molar-refractivity contribution in [3.63, 3.8) is 0 Å². The molecule has 0 fully saturated rings. The Kier molecular flexibility index (Phi) is 4.96. The third-order valence-corrected chi connectivity index (χ3v) is 2.76. The van der Waals surface area contributed by atoms with E-state index in [-0.39, 0.29) is 18.2 Å². The summed E-state index contributed by atoms with van der Waals surface area (Å²) < 4.78 is 0. The molecule has 0 saturated heterocycles. The van der Waals surface area contributed by atoms with E-state index in [0.717, 1.165) is 11.1 Å². The van der Waals surface area contributed by atoms with Crippen molar-refractivity contribution < 1.29 is 9.90 Å². The van der Waals surface area contributed by atoms with Gasteiger partial charge in [-0.1, -0.05) is 30.0 Å². The number of imidazole rings is 1. The molecule has 0 bridgehead atoms. The maximum Gasteiger partial charge on any atom is 0.323 e. The zero-order valence-corrected chi connectivity index (χ0v) is 11.3. The van der Waals surface area contributed by atoms with Crippen molar-refractivity contribution in [2.75, 3.05) is 6.61 Å². The molecule has 0 spiro atoms.